The number of phosphoric acid groups is 1. The van der Waals surface area contributed by atoms with Gasteiger partial charge in [0.1, 0.15) is 19.8 Å². The second-order valence-electron chi connectivity index (χ2n) is 14.6. The first-order chi connectivity index (χ1) is 24.0. The van der Waals surface area contributed by atoms with Crippen LogP contribution in [0, 0.1) is 0 Å². The van der Waals surface area contributed by atoms with Gasteiger partial charge < -0.3 is 27.9 Å². The standard InChI is InChI=1S/C40H76NO8P/c1-6-8-10-12-14-16-18-20-22-24-26-28-30-32-39(42)46-36-38(37-48-50(44,45)47-35-34-41(3,4)5)49-40(43)33-31-29-27-25-23-21-19-17-15-13-11-9-7-2/h16-19,38H,6-15,20-37H2,1-5H3/b18-16-,19-17-/t38-/m1/s1. The number of hydrogen-bond donors (Lipinski definition) is 0. The molecular formula is C40H76NO8P. The summed E-state index contributed by atoms with van der Waals surface area (Å²) in [6.07, 6.45) is 33.4. The van der Waals surface area contributed by atoms with Crippen molar-refractivity contribution in [3.05, 3.63) is 24.3 Å². The van der Waals surface area contributed by atoms with Gasteiger partial charge in [-0.3, -0.25) is 14.2 Å². The van der Waals surface area contributed by atoms with Gasteiger partial charge in [-0.1, -0.05) is 115 Å². The summed E-state index contributed by atoms with van der Waals surface area (Å²) >= 11 is 0. The molecule has 0 saturated carbocycles. The molecule has 0 aromatic heterocycles. The minimum absolute atomic E-state index is 0.0329. The molecule has 294 valence electrons. The van der Waals surface area contributed by atoms with E-state index < -0.39 is 32.5 Å². The highest BCUT2D eigenvalue weighted by molar-refractivity contribution is 7.45. The SMILES string of the molecule is CCCCCC/C=C\CCCCCCCC(=O)OC[C@H](COP(=O)([O-])OCC[N+](C)(C)C)OC(=O)CCCCCCC/C=C\CCCCCC. The smallest absolute Gasteiger partial charge is 0.306 e. The molecule has 10 heteroatoms. The van der Waals surface area contributed by atoms with E-state index in [-0.39, 0.29) is 26.1 Å². The summed E-state index contributed by atoms with van der Waals surface area (Å²) in [7, 11) is 1.15. The monoisotopic (exact) mass is 730 g/mol. The summed E-state index contributed by atoms with van der Waals surface area (Å²) in [5, 5.41) is 0. The van der Waals surface area contributed by atoms with Gasteiger partial charge in [0.15, 0.2) is 6.10 Å². The molecule has 0 aromatic rings. The summed E-state index contributed by atoms with van der Waals surface area (Å²) in [4.78, 5) is 37.3. The lowest BCUT2D eigenvalue weighted by Gasteiger charge is -2.28. The van der Waals surface area contributed by atoms with Gasteiger partial charge in [0, 0.05) is 12.8 Å². The van der Waals surface area contributed by atoms with Crippen molar-refractivity contribution in [3.63, 3.8) is 0 Å². The number of likely N-dealkylation sites (N-methyl/N-ethyl adjacent to an activating group) is 1. The minimum Gasteiger partial charge on any atom is -0.756 e. The lowest BCUT2D eigenvalue weighted by molar-refractivity contribution is -0.870. The van der Waals surface area contributed by atoms with E-state index in [0.29, 0.717) is 17.4 Å². The van der Waals surface area contributed by atoms with Crippen molar-refractivity contribution in [2.24, 2.45) is 0 Å². The third kappa shape index (κ3) is 36.3. The first kappa shape index (κ1) is 48.5. The molecule has 1 unspecified atom stereocenters. The van der Waals surface area contributed by atoms with Crippen LogP contribution in [-0.4, -0.2) is 70.0 Å². The minimum atomic E-state index is -4.62. The molecule has 0 bridgehead atoms. The van der Waals surface area contributed by atoms with Crippen molar-refractivity contribution in [1.29, 1.82) is 0 Å². The van der Waals surface area contributed by atoms with E-state index in [1.807, 2.05) is 21.1 Å². The van der Waals surface area contributed by atoms with Crippen LogP contribution >= 0.6 is 7.82 Å². The van der Waals surface area contributed by atoms with Crippen molar-refractivity contribution >= 4 is 19.8 Å². The lowest BCUT2D eigenvalue weighted by Crippen LogP contribution is -2.37. The maximum absolute atomic E-state index is 12.6. The van der Waals surface area contributed by atoms with E-state index in [0.717, 1.165) is 70.6 Å². The number of carbonyl (C=O) groups excluding carboxylic acids is 2. The van der Waals surface area contributed by atoms with Gasteiger partial charge in [-0.25, -0.2) is 0 Å². The highest BCUT2D eigenvalue weighted by Crippen LogP contribution is 2.38. The van der Waals surface area contributed by atoms with Gasteiger partial charge in [0.05, 0.1) is 27.7 Å². The lowest BCUT2D eigenvalue weighted by atomic mass is 10.1. The molecule has 0 aliphatic heterocycles. The Hall–Kier alpha value is -1.51. The van der Waals surface area contributed by atoms with Crippen LogP contribution in [-0.2, 0) is 32.7 Å². The predicted octanol–water partition coefficient (Wildman–Crippen LogP) is 10.2. The molecule has 0 aromatic carbocycles. The number of carbonyl (C=O) groups is 2. The topological polar surface area (TPSA) is 111 Å². The van der Waals surface area contributed by atoms with Crippen LogP contribution in [0.3, 0.4) is 0 Å². The average molecular weight is 730 g/mol. The number of rotatable bonds is 36. The number of quaternary nitrogens is 1. The van der Waals surface area contributed by atoms with Crippen LogP contribution in [0.1, 0.15) is 168 Å². The zero-order valence-electron chi connectivity index (χ0n) is 32.8. The molecule has 0 fully saturated rings. The zero-order chi connectivity index (χ0) is 37.2. The van der Waals surface area contributed by atoms with E-state index >= 15 is 0 Å². The maximum Gasteiger partial charge on any atom is 0.306 e. The molecular weight excluding hydrogens is 653 g/mol. The van der Waals surface area contributed by atoms with Crippen molar-refractivity contribution < 1.29 is 42.1 Å². The van der Waals surface area contributed by atoms with E-state index in [1.165, 1.54) is 64.2 Å². The Bertz CT molecular complexity index is 918. The number of ether oxygens (including phenoxy) is 2. The Morgan fingerprint density at radius 1 is 0.600 bits per heavy atom. The highest BCUT2D eigenvalue weighted by Gasteiger charge is 2.21. The number of hydrogen-bond acceptors (Lipinski definition) is 8. The quantitative estimate of drug-likeness (QED) is 0.0206. The number of esters is 2. The fraction of sp³-hybridized carbons (Fsp3) is 0.850. The largest absolute Gasteiger partial charge is 0.756 e. The van der Waals surface area contributed by atoms with Gasteiger partial charge >= 0.3 is 11.9 Å². The van der Waals surface area contributed by atoms with Crippen LogP contribution in [0.2, 0.25) is 0 Å². The Morgan fingerprint density at radius 3 is 1.48 bits per heavy atom. The number of phosphoric ester groups is 1. The van der Waals surface area contributed by atoms with Gasteiger partial charge in [-0.15, -0.1) is 0 Å². The highest BCUT2D eigenvalue weighted by atomic mass is 31.2. The summed E-state index contributed by atoms with van der Waals surface area (Å²) < 4.78 is 33.8. The number of nitrogens with zero attached hydrogens (tertiary/aromatic N) is 1. The Kier molecular flexibility index (Phi) is 32.3. The van der Waals surface area contributed by atoms with E-state index in [2.05, 4.69) is 38.2 Å². The van der Waals surface area contributed by atoms with Crippen LogP contribution in [0.4, 0.5) is 0 Å². The van der Waals surface area contributed by atoms with Crippen molar-refractivity contribution in [2.45, 2.75) is 174 Å². The summed E-state index contributed by atoms with van der Waals surface area (Å²) in [5.74, 6) is -0.855. The second-order valence-corrected chi connectivity index (χ2v) is 16.1. The van der Waals surface area contributed by atoms with Gasteiger partial charge in [0.2, 0.25) is 0 Å². The fourth-order valence-corrected chi connectivity index (χ4v) is 5.96. The zero-order valence-corrected chi connectivity index (χ0v) is 33.7. The molecule has 0 heterocycles. The van der Waals surface area contributed by atoms with E-state index in [9.17, 15) is 19.0 Å². The molecule has 0 spiro atoms. The van der Waals surface area contributed by atoms with Crippen LogP contribution < -0.4 is 4.89 Å². The molecule has 0 N–H and O–H groups in total. The Morgan fingerprint density at radius 2 is 1.02 bits per heavy atom. The van der Waals surface area contributed by atoms with Crippen LogP contribution in [0.5, 0.6) is 0 Å². The van der Waals surface area contributed by atoms with Crippen LogP contribution in [0.25, 0.3) is 0 Å². The maximum atomic E-state index is 12.6. The predicted molar refractivity (Wildman–Crippen MR) is 204 cm³/mol. The van der Waals surface area contributed by atoms with Crippen LogP contribution in [0.15, 0.2) is 24.3 Å². The molecule has 0 rings (SSSR count). The molecule has 0 aliphatic carbocycles. The third-order valence-electron chi connectivity index (χ3n) is 8.44. The molecule has 50 heavy (non-hydrogen) atoms. The van der Waals surface area contributed by atoms with Crippen molar-refractivity contribution in [1.82, 2.24) is 0 Å². The normalized spacial score (nSPS) is 14.0. The molecule has 2 atom stereocenters. The van der Waals surface area contributed by atoms with Gasteiger partial charge in [-0.2, -0.15) is 0 Å². The van der Waals surface area contributed by atoms with Crippen molar-refractivity contribution in [2.75, 3.05) is 47.5 Å². The molecule has 0 aliphatic rings. The Labute approximate surface area is 307 Å². The third-order valence-corrected chi connectivity index (χ3v) is 9.41. The second kappa shape index (κ2) is 33.3. The average Bonchev–Trinajstić information content (AvgIpc) is 3.06. The Balaban J connectivity index is 4.44. The van der Waals surface area contributed by atoms with Gasteiger partial charge in [0.25, 0.3) is 7.82 Å². The summed E-state index contributed by atoms with van der Waals surface area (Å²) in [5.41, 5.74) is 0. The summed E-state index contributed by atoms with van der Waals surface area (Å²) in [6.45, 7) is 4.16. The van der Waals surface area contributed by atoms with Gasteiger partial charge in [-0.05, 0) is 64.2 Å². The first-order valence-corrected chi connectivity index (χ1v) is 21.5. The number of allylic oxidation sites excluding steroid dienone is 4. The summed E-state index contributed by atoms with van der Waals surface area (Å²) in [6, 6.07) is 0. The molecule has 0 radical (unpaired) electrons. The first-order valence-electron chi connectivity index (χ1n) is 20.0. The molecule has 0 saturated heterocycles. The van der Waals surface area contributed by atoms with Crippen molar-refractivity contribution in [3.8, 4) is 0 Å². The molecule has 9 nitrogen and oxygen atoms in total. The molecule has 0 amide bonds. The number of unbranched alkanes of at least 4 members (excludes halogenated alkanes) is 18. The van der Waals surface area contributed by atoms with E-state index in [4.69, 9.17) is 18.5 Å². The fourth-order valence-electron chi connectivity index (χ4n) is 5.23. The van der Waals surface area contributed by atoms with E-state index in [1.54, 1.807) is 0 Å².